The number of likely N-dealkylation sites (N-methyl/N-ethyl adjacent to an activating group) is 7. The molecular weight excluding hydrogens is 1430 g/mol. The molecule has 0 aromatic heterocycles. The van der Waals surface area contributed by atoms with Crippen LogP contribution in [-0.2, 0) is 87.5 Å². The highest BCUT2D eigenvalue weighted by atomic mass is 19.4. The lowest BCUT2D eigenvalue weighted by Crippen LogP contribution is -2.68. The lowest BCUT2D eigenvalue weighted by Gasteiger charge is -2.47. The van der Waals surface area contributed by atoms with E-state index in [0.717, 1.165) is 65.6 Å². The minimum absolute atomic E-state index is 0.0137. The molecule has 33 heteroatoms. The van der Waals surface area contributed by atoms with Gasteiger partial charge in [-0.1, -0.05) is 64.3 Å². The van der Waals surface area contributed by atoms with E-state index in [1.165, 1.54) is 45.0 Å². The molecule has 3 aliphatic heterocycles. The smallest absolute Gasteiger partial charge is 0.377 e. The summed E-state index contributed by atoms with van der Waals surface area (Å²) in [6, 6.07) is -7.28. The van der Waals surface area contributed by atoms with Crippen LogP contribution in [0.1, 0.15) is 154 Å². The number of benzene rings is 2. The van der Waals surface area contributed by atoms with E-state index in [1.54, 1.807) is 53.7 Å². The van der Waals surface area contributed by atoms with E-state index >= 15 is 37.5 Å². The highest BCUT2D eigenvalue weighted by Crippen LogP contribution is 2.40. The van der Waals surface area contributed by atoms with Gasteiger partial charge < -0.3 is 64.8 Å². The van der Waals surface area contributed by atoms with Crippen molar-refractivity contribution in [3.05, 3.63) is 82.4 Å². The first-order valence-electron chi connectivity index (χ1n) is 37.1. The van der Waals surface area contributed by atoms with Crippen LogP contribution < -0.4 is 16.0 Å². The van der Waals surface area contributed by atoms with E-state index in [0.29, 0.717) is 50.7 Å². The number of carbonyl (C=O) groups excluding carboxylic acids is 12. The van der Waals surface area contributed by atoms with Crippen molar-refractivity contribution >= 4 is 70.9 Å². The predicted octanol–water partition coefficient (Wildman–Crippen LogP) is 5.88. The SMILES string of the molecule is CCO[C@@H]1C[C@H]2C(=O)NC3(CCC3)C(=O)N(C)[C@@H](C3CCCC3)C(=O)N(C)[C@H](C(=O)N(CC)CC)CC(=O)N(C)[C@@H](CC)C(=O)N[C@@H]([C@@H](C)CC)C(=O)N(C)CC(=O)N(C)[C@@H]3C/C=C\CCN(C3=O)[C@@H](Cc3ccc(C(F)(F)F)cc3)C(=O)N(C)CC(=O)N[C@@H](CCc3cc(F)c(C(F)(F)F)c(F)c3)C(=O)N2C1. The van der Waals surface area contributed by atoms with Gasteiger partial charge in [-0.3, -0.25) is 57.5 Å². The molecule has 2 saturated heterocycles. The van der Waals surface area contributed by atoms with Crippen LogP contribution in [0.15, 0.2) is 48.6 Å². The van der Waals surface area contributed by atoms with Crippen LogP contribution in [0.25, 0.3) is 0 Å². The number of rotatable bonds is 14. The molecule has 10 atom stereocenters. The fraction of sp³-hybridized carbons (Fsp3) is 0.653. The van der Waals surface area contributed by atoms with Crippen molar-refractivity contribution in [3.63, 3.8) is 0 Å². The molecule has 2 aromatic rings. The number of halogens is 8. The maximum Gasteiger partial charge on any atom is 0.422 e. The average Bonchev–Trinajstić information content (AvgIpc) is 1.15. The lowest BCUT2D eigenvalue weighted by atomic mass is 9.74. The molecule has 598 valence electrons. The largest absolute Gasteiger partial charge is 0.422 e. The van der Waals surface area contributed by atoms with Crippen molar-refractivity contribution in [2.45, 2.75) is 217 Å². The summed E-state index contributed by atoms with van der Waals surface area (Å²) < 4.78 is 120. The van der Waals surface area contributed by atoms with Gasteiger partial charge in [0.25, 0.3) is 0 Å². The van der Waals surface area contributed by atoms with Gasteiger partial charge in [-0.05, 0) is 132 Å². The van der Waals surface area contributed by atoms with Crippen LogP contribution in [0, 0.1) is 23.5 Å². The Hall–Kier alpha value is -8.78. The number of aryl methyl sites for hydroxylation is 1. The number of amides is 12. The van der Waals surface area contributed by atoms with Crippen LogP contribution in [-0.4, -0.2) is 263 Å². The molecule has 2 aliphatic carbocycles. The Morgan fingerprint density at radius 1 is 0.657 bits per heavy atom. The molecule has 0 radical (unpaired) electrons. The summed E-state index contributed by atoms with van der Waals surface area (Å²) in [7, 11) is 7.82. The standard InChI is InChI=1S/C75H104F8N12O13/c1-13-44(6)62-70(105)88(8)43-60(98)90(10)54-26-19-18-22-35-94(69(54)104)57(38-45-27-30-48(31-28-45)74(78,79)80)67(102)87(7)42-58(96)84-52(32-29-46-36-50(76)61(51(77)37-46)75(81,82)83)66(101)95-41-49(108-17-5)39-55(95)65(100)86-73(33-23-34-73)72(107)92(12)63(47-24-20-21-25-47)71(106)91(11)56(68(103)93(15-3)16-4)40-59(97)89(9)53(14-2)64(99)85-62/h18-19,27-28,30-31,36-37,44,47,49,52-57,62-63H,13-17,20-26,29,32-35,38-43H2,1-12H3,(H,84,96)(H,85,99)(H,86,100)/b19-18-/t44-,49+,52-,53-,54+,55-,56-,57-,62-,63-/m0/s1. The molecule has 3 N–H and O–H groups in total. The molecule has 2 saturated carbocycles. The molecule has 1 spiro atoms. The van der Waals surface area contributed by atoms with E-state index < -0.39 is 222 Å². The van der Waals surface area contributed by atoms with Crippen molar-refractivity contribution in [2.75, 3.05) is 88.2 Å². The van der Waals surface area contributed by atoms with Gasteiger partial charge in [-0.25, -0.2) is 8.78 Å². The molecule has 3 heterocycles. The quantitative estimate of drug-likeness (QED) is 0.147. The predicted molar refractivity (Wildman–Crippen MR) is 379 cm³/mol. The van der Waals surface area contributed by atoms with E-state index in [4.69, 9.17) is 4.74 Å². The maximum atomic E-state index is 15.6. The molecule has 25 nitrogen and oxygen atoms in total. The third-order valence-electron chi connectivity index (χ3n) is 22.0. The second kappa shape index (κ2) is 37.1. The zero-order valence-electron chi connectivity index (χ0n) is 63.6. The molecule has 4 fully saturated rings. The summed E-state index contributed by atoms with van der Waals surface area (Å²) in [4.78, 5) is 191. The third kappa shape index (κ3) is 20.2. The van der Waals surface area contributed by atoms with Crippen LogP contribution in [0.3, 0.4) is 0 Å². The minimum atomic E-state index is -5.46. The molecule has 2 aromatic carbocycles. The van der Waals surface area contributed by atoms with Crippen molar-refractivity contribution in [1.29, 1.82) is 0 Å². The average molecular weight is 1530 g/mol. The Balaban J connectivity index is 1.35. The molecular formula is C75H104F8N12O13. The zero-order chi connectivity index (χ0) is 80.2. The first kappa shape index (κ1) is 86.5. The summed E-state index contributed by atoms with van der Waals surface area (Å²) >= 11 is 0. The Bertz CT molecular complexity index is 3620. The van der Waals surface area contributed by atoms with E-state index in [2.05, 4.69) is 16.0 Å². The molecule has 2 bridgehead atoms. The minimum Gasteiger partial charge on any atom is -0.377 e. The van der Waals surface area contributed by atoms with Gasteiger partial charge in [0.2, 0.25) is 70.9 Å². The van der Waals surface area contributed by atoms with Gasteiger partial charge in [0.05, 0.1) is 31.2 Å². The van der Waals surface area contributed by atoms with Gasteiger partial charge in [-0.2, -0.15) is 26.3 Å². The number of fused-ring (bicyclic) bond motifs is 3. The number of hydrogen-bond acceptors (Lipinski definition) is 13. The van der Waals surface area contributed by atoms with Gasteiger partial charge in [0.15, 0.2) is 0 Å². The maximum absolute atomic E-state index is 15.6. The number of ether oxygens (including phenoxy) is 1. The van der Waals surface area contributed by atoms with E-state index in [-0.39, 0.29) is 76.9 Å². The van der Waals surface area contributed by atoms with Crippen molar-refractivity contribution in [3.8, 4) is 0 Å². The van der Waals surface area contributed by atoms with Gasteiger partial charge >= 0.3 is 12.4 Å². The van der Waals surface area contributed by atoms with E-state index in [1.807, 2.05) is 0 Å². The molecule has 0 unspecified atom stereocenters. The highest BCUT2D eigenvalue weighted by Gasteiger charge is 2.54. The Labute approximate surface area is 625 Å². The van der Waals surface area contributed by atoms with Crippen molar-refractivity contribution < 1.29 is 97.4 Å². The van der Waals surface area contributed by atoms with Crippen molar-refractivity contribution in [1.82, 2.24) is 60.0 Å². The fourth-order valence-electron chi connectivity index (χ4n) is 15.2. The highest BCUT2D eigenvalue weighted by molar-refractivity contribution is 6.01. The first-order chi connectivity index (χ1) is 50.8. The lowest BCUT2D eigenvalue weighted by molar-refractivity contribution is -0.158. The number of nitrogens with zero attached hydrogens (tertiary/aromatic N) is 9. The topological polar surface area (TPSA) is 279 Å². The van der Waals surface area contributed by atoms with Crippen LogP contribution >= 0.6 is 0 Å². The number of carbonyl (C=O) groups is 12. The fourth-order valence-corrected chi connectivity index (χ4v) is 15.2. The summed E-state index contributed by atoms with van der Waals surface area (Å²) in [6.45, 7) is 8.28. The molecule has 7 rings (SSSR count). The monoisotopic (exact) mass is 1530 g/mol. The van der Waals surface area contributed by atoms with Gasteiger partial charge in [-0.15, -0.1) is 0 Å². The summed E-state index contributed by atoms with van der Waals surface area (Å²) in [5, 5.41) is 8.24. The van der Waals surface area contributed by atoms with Crippen molar-refractivity contribution in [2.24, 2.45) is 11.8 Å². The number of nitrogens with one attached hydrogen (secondary N) is 3. The van der Waals surface area contributed by atoms with Crippen LogP contribution in [0.4, 0.5) is 35.1 Å². The summed E-state index contributed by atoms with van der Waals surface area (Å²) in [6.07, 6.45) is -7.46. The second-order valence-corrected chi connectivity index (χ2v) is 29.1. The second-order valence-electron chi connectivity index (χ2n) is 29.1. The van der Waals surface area contributed by atoms with Crippen LogP contribution in [0.2, 0.25) is 0 Å². The number of hydrogen-bond donors (Lipinski definition) is 3. The molecule has 5 aliphatic rings. The van der Waals surface area contributed by atoms with Gasteiger partial charge in [0, 0.05) is 87.9 Å². The molecule has 12 amide bonds. The Morgan fingerprint density at radius 2 is 1.28 bits per heavy atom. The number of alkyl halides is 6. The van der Waals surface area contributed by atoms with Crippen LogP contribution in [0.5, 0.6) is 0 Å². The molecule has 108 heavy (non-hydrogen) atoms. The third-order valence-corrected chi connectivity index (χ3v) is 22.0. The normalized spacial score (nSPS) is 26.0. The summed E-state index contributed by atoms with van der Waals surface area (Å²) in [5.74, 6) is -15.0. The Morgan fingerprint density at radius 3 is 1.83 bits per heavy atom. The Kier molecular flexibility index (Phi) is 29.7. The summed E-state index contributed by atoms with van der Waals surface area (Å²) in [5.41, 5.74) is -5.25. The zero-order valence-corrected chi connectivity index (χ0v) is 63.6. The first-order valence-corrected chi connectivity index (χ1v) is 37.1. The van der Waals surface area contributed by atoms with Gasteiger partial charge in [0.1, 0.15) is 71.1 Å². The van der Waals surface area contributed by atoms with E-state index in [9.17, 15) is 55.1 Å².